The maximum Gasteiger partial charge on any atom is 0.246 e. The minimum atomic E-state index is -1.93. The van der Waals surface area contributed by atoms with Gasteiger partial charge in [-0.1, -0.05) is 120 Å². The number of H-pyrrole nitrogens is 3. The number of aromatic nitrogens is 4. The SMILES string of the molecule is CCCC[C@H]1C(=O)N(C)[C@@H](CCCC)C(=O)N[C@@H](CC(C)C)C(=O)N[C@H](C(=O)NCC(N)=O)CSCC(=O)N[C@@H](Cc2ccccc2)C(=O)N(C)[C@@H](C)C(=O)N[C@@H](CC(N)=O)C(=O)N2CCC[C@H]2C(=O)N[C@@H](Cc2cnc[nH]2)C(=O)N[C@@H](CCCNC(=N)N)C(=O)N[C@@H](CO)C(=O)N[C@@H](Cc2c[nH]c3ccccc23)C(=O)N[C@@H](CCCNC(=N)N)C(=O)N[C@@H](Cc2c[nH]c3ccccc23)C(=O)N1C. The first-order valence-corrected chi connectivity index (χ1v) is 47.4. The summed E-state index contributed by atoms with van der Waals surface area (Å²) in [4.78, 5) is 269. The van der Waals surface area contributed by atoms with E-state index in [2.05, 4.69) is 89.1 Å². The van der Waals surface area contributed by atoms with Crippen molar-refractivity contribution in [3.05, 3.63) is 126 Å². The molecule has 27 N–H and O–H groups in total. The molecule has 750 valence electrons. The Hall–Kier alpha value is -14.2. The Morgan fingerprint density at radius 3 is 1.54 bits per heavy atom. The molecule has 6 aromatic rings. The summed E-state index contributed by atoms with van der Waals surface area (Å²) in [6, 6.07) is 0.752. The molecular weight excluding hydrogens is 1800 g/mol. The summed E-state index contributed by atoms with van der Waals surface area (Å²) in [6.45, 7) is 6.52. The van der Waals surface area contributed by atoms with E-state index < -0.39 is 222 Å². The van der Waals surface area contributed by atoms with Crippen LogP contribution in [0.5, 0.6) is 0 Å². The molecular formula is C92H133N27O18S. The number of carbonyl (C=O) groups is 17. The molecule has 17 amide bonds. The average molecular weight is 1940 g/mol. The maximum atomic E-state index is 15.9. The van der Waals surface area contributed by atoms with Gasteiger partial charge in [-0.15, -0.1) is 11.8 Å². The lowest BCUT2D eigenvalue weighted by molar-refractivity contribution is -0.149. The van der Waals surface area contributed by atoms with E-state index >= 15 is 33.6 Å². The van der Waals surface area contributed by atoms with E-state index in [1.54, 1.807) is 105 Å². The second-order valence-corrected chi connectivity index (χ2v) is 36.0. The lowest BCUT2D eigenvalue weighted by atomic mass is 9.99. The zero-order valence-electron chi connectivity index (χ0n) is 79.0. The van der Waals surface area contributed by atoms with Gasteiger partial charge in [0, 0.05) is 118 Å². The number of primary amides is 2. The summed E-state index contributed by atoms with van der Waals surface area (Å²) in [5.41, 5.74) is 25.6. The van der Waals surface area contributed by atoms with Crippen LogP contribution in [0.3, 0.4) is 0 Å². The number of fused-ring (bicyclic) bond motifs is 3. The Balaban J connectivity index is 1.22. The third-order valence-electron chi connectivity index (χ3n) is 24.0. The Bertz CT molecular complexity index is 5250. The van der Waals surface area contributed by atoms with E-state index in [1.165, 1.54) is 50.4 Å². The van der Waals surface area contributed by atoms with Crippen LogP contribution in [0.25, 0.3) is 21.8 Å². The van der Waals surface area contributed by atoms with Crippen molar-refractivity contribution in [1.29, 1.82) is 10.8 Å². The first-order valence-electron chi connectivity index (χ1n) is 46.2. The first-order chi connectivity index (χ1) is 65.8. The standard InChI is InChI=1S/C92H133N27O18S/c1-9-11-31-71-85(132)110-63(37-51(3)4)81(128)115-70(78(125)104-46-75(94)122)48-138-49-76(123)106-66(38-53-23-14-13-15-24-53)87(134)116(6)52(5)77(124)112-68(42-74(93)121)89(136)119-36-22-33-72(119)86(133)111-65(41-56-45-99-50-105-56)83(130)108-62(30-21-35-101-92(97)98)80(127)114-69(47-120)84(131)109-64(39-54-43-102-59-27-18-16-25-57(54)59)82(129)107-61(29-20-34-100-91(95)96)79(126)113-67(40-55-44-103-60-28-19-17-26-58(55)60)88(135)118(8)73(32-12-10-2)90(137)117(71)7/h13-19,23-28,43-45,50-52,61-73,102-103,120H,9-12,20-22,29-42,46-49H2,1-8H3,(H2,93,121)(H2,94,122)(H,99,105)(H,104,125)(H,106,123)(H,107,129)(H,108,130)(H,109,131)(H,110,132)(H,111,133)(H,112,124)(H,113,126)(H,114,127)(H,115,128)(H4,95,96,100)(H4,97,98,101)/t52-,61-,62-,63-,64-,65-,66-,67-,68-,69-,70-,71-,72-,73-/m0/s1. The molecule has 0 aliphatic carbocycles. The topological polar surface area (TPSA) is 692 Å². The number of hydrogen-bond acceptors (Lipinski definition) is 22. The summed E-state index contributed by atoms with van der Waals surface area (Å²) in [5, 5.41) is 62.7. The number of nitrogens with two attached hydrogens (primary N) is 4. The normalized spacial score (nSPS) is 23.4. The molecule has 2 aliphatic heterocycles. The molecule has 0 radical (unpaired) electrons. The lowest BCUT2D eigenvalue weighted by Crippen LogP contribution is -2.62. The molecule has 0 bridgehead atoms. The van der Waals surface area contributed by atoms with Gasteiger partial charge in [0.05, 0.1) is 31.7 Å². The van der Waals surface area contributed by atoms with Crippen molar-refractivity contribution in [2.75, 3.05) is 65.4 Å². The van der Waals surface area contributed by atoms with E-state index in [9.17, 15) is 53.1 Å². The van der Waals surface area contributed by atoms with Crippen molar-refractivity contribution in [3.63, 3.8) is 0 Å². The molecule has 45 nitrogen and oxygen atoms in total. The van der Waals surface area contributed by atoms with Crippen LogP contribution < -0.4 is 92.1 Å². The van der Waals surface area contributed by atoms with Gasteiger partial charge in [-0.2, -0.15) is 0 Å². The predicted octanol–water partition coefficient (Wildman–Crippen LogP) is -2.85. The van der Waals surface area contributed by atoms with Gasteiger partial charge in [0.25, 0.3) is 0 Å². The molecule has 46 heteroatoms. The Morgan fingerprint density at radius 2 is 0.986 bits per heavy atom. The van der Waals surface area contributed by atoms with Gasteiger partial charge in [0.15, 0.2) is 11.9 Å². The smallest absolute Gasteiger partial charge is 0.246 e. The first kappa shape index (κ1) is 109. The predicted molar refractivity (Wildman–Crippen MR) is 513 cm³/mol. The Morgan fingerprint density at radius 1 is 0.500 bits per heavy atom. The molecule has 0 unspecified atom stereocenters. The van der Waals surface area contributed by atoms with E-state index in [0.29, 0.717) is 64.2 Å². The fraction of sp³-hybridized carbons (Fsp3) is 0.522. The number of hydrogen-bond donors (Lipinski definition) is 23. The quantitative estimate of drug-likeness (QED) is 0.0123. The number of guanidine groups is 2. The molecule has 3 aromatic heterocycles. The highest BCUT2D eigenvalue weighted by Crippen LogP contribution is 2.26. The minimum Gasteiger partial charge on any atom is -0.394 e. The van der Waals surface area contributed by atoms with Gasteiger partial charge in [0.1, 0.15) is 84.6 Å². The summed E-state index contributed by atoms with van der Waals surface area (Å²) < 4.78 is 0. The monoisotopic (exact) mass is 1940 g/mol. The van der Waals surface area contributed by atoms with Crippen LogP contribution >= 0.6 is 11.8 Å². The molecule has 2 fully saturated rings. The van der Waals surface area contributed by atoms with Gasteiger partial charge in [-0.3, -0.25) is 92.3 Å². The number of aliphatic hydroxyl groups is 1. The fourth-order valence-electron chi connectivity index (χ4n) is 16.3. The number of unbranched alkanes of at least 4 members (excludes halogenated alkanes) is 2. The number of para-hydroxylation sites is 2. The van der Waals surface area contributed by atoms with E-state index in [1.807, 2.05) is 13.8 Å². The molecule has 3 aromatic carbocycles. The lowest BCUT2D eigenvalue weighted by Gasteiger charge is -2.36. The number of amides is 17. The summed E-state index contributed by atoms with van der Waals surface area (Å²) in [6.07, 6.45) is 5.33. The molecule has 14 atom stereocenters. The molecule has 0 spiro atoms. The van der Waals surface area contributed by atoms with Crippen LogP contribution in [0.4, 0.5) is 0 Å². The van der Waals surface area contributed by atoms with Crippen LogP contribution in [-0.4, -0.2) is 307 Å². The highest BCUT2D eigenvalue weighted by molar-refractivity contribution is 8.00. The Kier molecular flexibility index (Phi) is 42.6. The van der Waals surface area contributed by atoms with Crippen LogP contribution in [0.15, 0.2) is 104 Å². The van der Waals surface area contributed by atoms with Gasteiger partial charge >= 0.3 is 0 Å². The van der Waals surface area contributed by atoms with Crippen LogP contribution in [0.2, 0.25) is 0 Å². The van der Waals surface area contributed by atoms with Crippen molar-refractivity contribution >= 4 is 146 Å². The molecule has 2 aliphatic rings. The van der Waals surface area contributed by atoms with Crippen LogP contribution in [0, 0.1) is 16.7 Å². The minimum absolute atomic E-state index is 0.0123. The maximum absolute atomic E-state index is 15.9. The number of aliphatic hydroxyl groups excluding tert-OH is 1. The highest BCUT2D eigenvalue weighted by atomic mass is 32.2. The molecule has 8 rings (SSSR count). The van der Waals surface area contributed by atoms with Crippen molar-refractivity contribution in [2.45, 2.75) is 235 Å². The van der Waals surface area contributed by atoms with E-state index in [0.717, 1.165) is 21.6 Å². The molecule has 2 saturated heterocycles. The van der Waals surface area contributed by atoms with Gasteiger partial charge < -0.3 is 132 Å². The number of aromatic amines is 3. The van der Waals surface area contributed by atoms with Crippen molar-refractivity contribution < 1.29 is 86.6 Å². The summed E-state index contributed by atoms with van der Waals surface area (Å²) in [5.74, 6) is -18.0. The zero-order valence-corrected chi connectivity index (χ0v) is 79.8. The summed E-state index contributed by atoms with van der Waals surface area (Å²) in [7, 11) is 4.01. The fourth-order valence-corrected chi connectivity index (χ4v) is 17.2. The number of carbonyl (C=O) groups excluding carboxylic acids is 17. The molecule has 138 heavy (non-hydrogen) atoms. The number of benzene rings is 3. The van der Waals surface area contributed by atoms with Crippen molar-refractivity contribution in [3.8, 4) is 0 Å². The number of rotatable bonds is 30. The van der Waals surface area contributed by atoms with Crippen LogP contribution in [0.1, 0.15) is 147 Å². The van der Waals surface area contributed by atoms with Gasteiger partial charge in [0.2, 0.25) is 100 Å². The summed E-state index contributed by atoms with van der Waals surface area (Å²) >= 11 is 0.819. The number of nitrogens with zero attached hydrogens (tertiary/aromatic N) is 5. The zero-order chi connectivity index (χ0) is 101. The van der Waals surface area contributed by atoms with Crippen molar-refractivity contribution in [2.24, 2.45) is 28.9 Å². The van der Waals surface area contributed by atoms with Gasteiger partial charge in [-0.05, 0) is 99.5 Å². The second kappa shape index (κ2) is 53.9. The number of likely N-dealkylation sites (N-methyl/N-ethyl adjacent to an activating group) is 3. The van der Waals surface area contributed by atoms with Crippen molar-refractivity contribution in [1.82, 2.24) is 109 Å². The third kappa shape index (κ3) is 32.5. The Labute approximate surface area is 803 Å². The number of nitrogens with one attached hydrogen (secondary N) is 18. The number of thioether (sulfide) groups is 1. The van der Waals surface area contributed by atoms with Crippen LogP contribution in [-0.2, 0) is 107 Å². The highest BCUT2D eigenvalue weighted by Gasteiger charge is 2.44. The molecule has 0 saturated carbocycles. The molecule has 5 heterocycles. The van der Waals surface area contributed by atoms with E-state index in [-0.39, 0.29) is 120 Å². The van der Waals surface area contributed by atoms with Gasteiger partial charge in [-0.25, -0.2) is 4.98 Å². The average Bonchev–Trinajstić information content (AvgIpc) is 1.54. The third-order valence-corrected chi connectivity index (χ3v) is 25.0. The van der Waals surface area contributed by atoms with E-state index in [4.69, 9.17) is 33.8 Å². The number of imidazole rings is 1. The second-order valence-electron chi connectivity index (χ2n) is 34.9. The largest absolute Gasteiger partial charge is 0.394 e.